The summed E-state index contributed by atoms with van der Waals surface area (Å²) in [6, 6.07) is 30.3. The molecule has 0 aliphatic heterocycles. The summed E-state index contributed by atoms with van der Waals surface area (Å²) in [6.07, 6.45) is 1.95. The Kier molecular flexibility index (Phi) is 4.03. The van der Waals surface area contributed by atoms with Crippen LogP contribution in [0, 0.1) is 0 Å². The Bertz CT molecular complexity index is 1280. The number of nitrogens with zero attached hydrogens (tertiary/aromatic N) is 1. The van der Waals surface area contributed by atoms with Crippen LogP contribution < -0.4 is 0 Å². The van der Waals surface area contributed by atoms with Crippen LogP contribution in [0.25, 0.3) is 31.4 Å². The van der Waals surface area contributed by atoms with Gasteiger partial charge in [0.05, 0.1) is 5.69 Å². The maximum atomic E-state index is 4.74. The van der Waals surface area contributed by atoms with E-state index in [2.05, 4.69) is 98.8 Å². The first-order valence-corrected chi connectivity index (χ1v) is 10.4. The molecular formula is C26H21NS. The SMILES string of the molecule is CC(C)(c1ccccc1)c1ccnc(-c2cccc3c2sc2ccccc23)c1. The fraction of sp³-hybridized carbons (Fsp3) is 0.115. The third-order valence-electron chi connectivity index (χ3n) is 5.66. The van der Waals surface area contributed by atoms with Crippen molar-refractivity contribution in [2.75, 3.05) is 0 Å². The van der Waals surface area contributed by atoms with Gasteiger partial charge in [0.2, 0.25) is 0 Å². The van der Waals surface area contributed by atoms with Crippen molar-refractivity contribution in [3.8, 4) is 11.3 Å². The maximum absolute atomic E-state index is 4.74. The zero-order chi connectivity index (χ0) is 19.1. The van der Waals surface area contributed by atoms with Crippen LogP contribution >= 0.6 is 11.3 Å². The highest BCUT2D eigenvalue weighted by atomic mass is 32.1. The van der Waals surface area contributed by atoms with E-state index in [1.165, 1.54) is 36.9 Å². The minimum Gasteiger partial charge on any atom is -0.256 e. The molecular weight excluding hydrogens is 358 g/mol. The highest BCUT2D eigenvalue weighted by Crippen LogP contribution is 2.40. The van der Waals surface area contributed by atoms with Crippen molar-refractivity contribution in [2.24, 2.45) is 0 Å². The highest BCUT2D eigenvalue weighted by molar-refractivity contribution is 7.26. The minimum atomic E-state index is -0.0764. The van der Waals surface area contributed by atoms with Gasteiger partial charge in [0, 0.05) is 37.3 Å². The number of aromatic nitrogens is 1. The van der Waals surface area contributed by atoms with Gasteiger partial charge in [0.15, 0.2) is 0 Å². The number of hydrogen-bond acceptors (Lipinski definition) is 2. The lowest BCUT2D eigenvalue weighted by atomic mass is 9.78. The maximum Gasteiger partial charge on any atom is 0.0719 e. The molecule has 0 radical (unpaired) electrons. The fourth-order valence-electron chi connectivity index (χ4n) is 3.94. The molecule has 0 unspecified atom stereocenters. The second kappa shape index (κ2) is 6.57. The van der Waals surface area contributed by atoms with Gasteiger partial charge in [0.25, 0.3) is 0 Å². The monoisotopic (exact) mass is 379 g/mol. The summed E-state index contributed by atoms with van der Waals surface area (Å²) in [5.74, 6) is 0. The van der Waals surface area contributed by atoms with Gasteiger partial charge >= 0.3 is 0 Å². The molecule has 0 saturated carbocycles. The molecule has 0 aliphatic carbocycles. The van der Waals surface area contributed by atoms with E-state index < -0.39 is 0 Å². The molecule has 3 aromatic carbocycles. The van der Waals surface area contributed by atoms with Crippen molar-refractivity contribution in [1.82, 2.24) is 4.98 Å². The van der Waals surface area contributed by atoms with E-state index in [-0.39, 0.29) is 5.41 Å². The van der Waals surface area contributed by atoms with Gasteiger partial charge in [-0.05, 0) is 29.3 Å². The molecule has 28 heavy (non-hydrogen) atoms. The van der Waals surface area contributed by atoms with Crippen LogP contribution in [-0.2, 0) is 5.41 Å². The molecule has 0 bridgehead atoms. The van der Waals surface area contributed by atoms with Crippen LogP contribution in [0.1, 0.15) is 25.0 Å². The van der Waals surface area contributed by atoms with Gasteiger partial charge in [-0.25, -0.2) is 0 Å². The molecule has 2 heteroatoms. The Hall–Kier alpha value is -2.97. The lowest BCUT2D eigenvalue weighted by molar-refractivity contribution is 0.640. The molecule has 0 spiro atoms. The molecule has 2 aromatic heterocycles. The summed E-state index contributed by atoms with van der Waals surface area (Å²) in [4.78, 5) is 4.74. The Morgan fingerprint density at radius 2 is 1.46 bits per heavy atom. The molecule has 0 atom stereocenters. The highest BCUT2D eigenvalue weighted by Gasteiger charge is 2.23. The van der Waals surface area contributed by atoms with E-state index in [1.807, 2.05) is 17.5 Å². The Morgan fingerprint density at radius 3 is 2.32 bits per heavy atom. The lowest BCUT2D eigenvalue weighted by Crippen LogP contribution is -2.18. The number of rotatable bonds is 3. The molecule has 0 amide bonds. The van der Waals surface area contributed by atoms with Gasteiger partial charge < -0.3 is 0 Å². The van der Waals surface area contributed by atoms with Crippen molar-refractivity contribution in [1.29, 1.82) is 0 Å². The van der Waals surface area contributed by atoms with Crippen molar-refractivity contribution >= 4 is 31.5 Å². The van der Waals surface area contributed by atoms with Gasteiger partial charge in [-0.15, -0.1) is 11.3 Å². The van der Waals surface area contributed by atoms with Gasteiger partial charge in [-0.3, -0.25) is 4.98 Å². The fourth-order valence-corrected chi connectivity index (χ4v) is 5.16. The van der Waals surface area contributed by atoms with Crippen LogP contribution in [-0.4, -0.2) is 4.98 Å². The van der Waals surface area contributed by atoms with E-state index in [0.717, 1.165) is 5.69 Å². The number of thiophene rings is 1. The second-order valence-electron chi connectivity index (χ2n) is 7.70. The number of fused-ring (bicyclic) bond motifs is 3. The first-order chi connectivity index (χ1) is 13.6. The van der Waals surface area contributed by atoms with E-state index in [9.17, 15) is 0 Å². The largest absolute Gasteiger partial charge is 0.256 e. The number of hydrogen-bond donors (Lipinski definition) is 0. The lowest BCUT2D eigenvalue weighted by Gasteiger charge is -2.26. The minimum absolute atomic E-state index is 0.0764. The summed E-state index contributed by atoms with van der Waals surface area (Å²) >= 11 is 1.85. The average Bonchev–Trinajstić information content (AvgIpc) is 3.13. The van der Waals surface area contributed by atoms with Gasteiger partial charge in [-0.2, -0.15) is 0 Å². The van der Waals surface area contributed by atoms with Crippen LogP contribution in [0.4, 0.5) is 0 Å². The van der Waals surface area contributed by atoms with Crippen LogP contribution in [0.15, 0.2) is 91.1 Å². The molecule has 1 nitrogen and oxygen atoms in total. The summed E-state index contributed by atoms with van der Waals surface area (Å²) < 4.78 is 2.64. The van der Waals surface area contributed by atoms with E-state index in [1.54, 1.807) is 0 Å². The van der Waals surface area contributed by atoms with E-state index in [4.69, 9.17) is 4.98 Å². The quantitative estimate of drug-likeness (QED) is 0.317. The van der Waals surface area contributed by atoms with Gasteiger partial charge in [0.1, 0.15) is 0 Å². The van der Waals surface area contributed by atoms with Crippen molar-refractivity contribution in [3.05, 3.63) is 102 Å². The molecule has 2 heterocycles. The summed E-state index contributed by atoms with van der Waals surface area (Å²) in [6.45, 7) is 4.56. The summed E-state index contributed by atoms with van der Waals surface area (Å²) in [5, 5.41) is 2.64. The number of benzene rings is 3. The van der Waals surface area contributed by atoms with Crippen LogP contribution in [0.5, 0.6) is 0 Å². The van der Waals surface area contributed by atoms with Crippen molar-refractivity contribution in [2.45, 2.75) is 19.3 Å². The Morgan fingerprint density at radius 1 is 0.714 bits per heavy atom. The van der Waals surface area contributed by atoms with Gasteiger partial charge in [-0.1, -0.05) is 80.6 Å². The van der Waals surface area contributed by atoms with Crippen LogP contribution in [0.2, 0.25) is 0 Å². The number of pyridine rings is 1. The third-order valence-corrected chi connectivity index (χ3v) is 6.88. The average molecular weight is 380 g/mol. The Balaban J connectivity index is 1.68. The molecule has 0 N–H and O–H groups in total. The smallest absolute Gasteiger partial charge is 0.0719 e. The first kappa shape index (κ1) is 17.2. The van der Waals surface area contributed by atoms with E-state index >= 15 is 0 Å². The zero-order valence-corrected chi connectivity index (χ0v) is 16.8. The van der Waals surface area contributed by atoms with Crippen LogP contribution in [0.3, 0.4) is 0 Å². The second-order valence-corrected chi connectivity index (χ2v) is 8.75. The summed E-state index contributed by atoms with van der Waals surface area (Å²) in [5.41, 5.74) is 4.77. The normalized spacial score (nSPS) is 11.9. The third kappa shape index (κ3) is 2.73. The summed E-state index contributed by atoms with van der Waals surface area (Å²) in [7, 11) is 0. The molecule has 0 saturated heterocycles. The van der Waals surface area contributed by atoms with E-state index in [0.29, 0.717) is 0 Å². The standard InChI is InChI=1S/C26H21NS/c1-26(2,18-9-4-3-5-10-18)19-15-16-27-23(17-19)22-13-8-12-21-20-11-6-7-14-24(20)28-25(21)22/h3-17H,1-2H3. The molecule has 0 aliphatic rings. The molecule has 0 fully saturated rings. The zero-order valence-electron chi connectivity index (χ0n) is 16.0. The van der Waals surface area contributed by atoms with Crippen molar-refractivity contribution < 1.29 is 0 Å². The predicted octanol–water partition coefficient (Wildman–Crippen LogP) is 7.44. The molecule has 5 rings (SSSR count). The molecule has 136 valence electrons. The Labute approximate surface area is 169 Å². The first-order valence-electron chi connectivity index (χ1n) is 9.57. The molecule has 5 aromatic rings. The topological polar surface area (TPSA) is 12.9 Å². The van der Waals surface area contributed by atoms with Crippen molar-refractivity contribution in [3.63, 3.8) is 0 Å². The predicted molar refractivity (Wildman–Crippen MR) is 121 cm³/mol.